The lowest BCUT2D eigenvalue weighted by atomic mass is 9.88. The third kappa shape index (κ3) is 3.71. The Bertz CT molecular complexity index is 996. The second-order valence-electron chi connectivity index (χ2n) is 7.37. The molecule has 1 aliphatic heterocycles. The number of amides is 1. The van der Waals surface area contributed by atoms with Crippen molar-refractivity contribution < 1.29 is 27.4 Å². The van der Waals surface area contributed by atoms with Gasteiger partial charge in [0.1, 0.15) is 17.2 Å². The molecule has 0 radical (unpaired) electrons. The SMILES string of the molecule is COc1cc(OC)c([C@H]2[C@H](S(=O)(=O)c3ccccc3)C[C@H](C)C(=O)N2C)c(OC)c1. The van der Waals surface area contributed by atoms with Crippen LogP contribution in [0.3, 0.4) is 0 Å². The van der Waals surface area contributed by atoms with E-state index in [0.29, 0.717) is 22.8 Å². The zero-order chi connectivity index (χ0) is 22.1. The first-order chi connectivity index (χ1) is 14.3. The monoisotopic (exact) mass is 433 g/mol. The van der Waals surface area contributed by atoms with Gasteiger partial charge in [-0.3, -0.25) is 4.79 Å². The Morgan fingerprint density at radius 1 is 0.967 bits per heavy atom. The van der Waals surface area contributed by atoms with Crippen LogP contribution in [0, 0.1) is 5.92 Å². The molecule has 2 aromatic carbocycles. The molecule has 3 rings (SSSR count). The van der Waals surface area contributed by atoms with Crippen LogP contribution in [0.25, 0.3) is 0 Å². The van der Waals surface area contributed by atoms with Crippen LogP contribution >= 0.6 is 0 Å². The fraction of sp³-hybridized carbons (Fsp3) is 0.409. The van der Waals surface area contributed by atoms with Crippen LogP contribution in [-0.4, -0.2) is 52.9 Å². The smallest absolute Gasteiger partial charge is 0.225 e. The first-order valence-corrected chi connectivity index (χ1v) is 11.2. The molecular formula is C22H27NO6S. The van der Waals surface area contributed by atoms with Gasteiger partial charge in [-0.2, -0.15) is 0 Å². The highest BCUT2D eigenvalue weighted by molar-refractivity contribution is 7.92. The van der Waals surface area contributed by atoms with Gasteiger partial charge in [0.15, 0.2) is 9.84 Å². The maximum absolute atomic E-state index is 13.6. The summed E-state index contributed by atoms with van der Waals surface area (Å²) in [6.07, 6.45) is 0.198. The van der Waals surface area contributed by atoms with Crippen molar-refractivity contribution in [1.29, 1.82) is 0 Å². The van der Waals surface area contributed by atoms with Gasteiger partial charge in [0.25, 0.3) is 0 Å². The highest BCUT2D eigenvalue weighted by Gasteiger charge is 2.47. The van der Waals surface area contributed by atoms with E-state index in [1.165, 1.54) is 26.2 Å². The number of hydrogen-bond acceptors (Lipinski definition) is 6. The molecule has 1 amide bonds. The maximum atomic E-state index is 13.6. The molecule has 0 N–H and O–H groups in total. The van der Waals surface area contributed by atoms with Crippen LogP contribution in [0.5, 0.6) is 17.2 Å². The summed E-state index contributed by atoms with van der Waals surface area (Å²) in [7, 11) is 2.38. The van der Waals surface area contributed by atoms with E-state index < -0.39 is 27.0 Å². The fourth-order valence-corrected chi connectivity index (χ4v) is 6.18. The molecule has 3 atom stereocenters. The molecule has 0 aromatic heterocycles. The normalized spacial score (nSPS) is 22.0. The molecule has 1 heterocycles. The molecule has 1 aliphatic rings. The molecule has 7 nitrogen and oxygen atoms in total. The molecule has 8 heteroatoms. The number of carbonyl (C=O) groups is 1. The van der Waals surface area contributed by atoms with Gasteiger partial charge in [-0.1, -0.05) is 25.1 Å². The van der Waals surface area contributed by atoms with Crippen molar-refractivity contribution >= 4 is 15.7 Å². The molecular weight excluding hydrogens is 406 g/mol. The van der Waals surface area contributed by atoms with E-state index in [1.54, 1.807) is 56.4 Å². The Hall–Kier alpha value is -2.74. The van der Waals surface area contributed by atoms with Gasteiger partial charge in [0.05, 0.1) is 43.1 Å². The Labute approximate surface area is 177 Å². The van der Waals surface area contributed by atoms with E-state index in [4.69, 9.17) is 14.2 Å². The third-order valence-electron chi connectivity index (χ3n) is 5.64. The number of benzene rings is 2. The summed E-state index contributed by atoms with van der Waals surface area (Å²) in [5.41, 5.74) is 0.507. The van der Waals surface area contributed by atoms with Crippen LogP contribution in [-0.2, 0) is 14.6 Å². The van der Waals surface area contributed by atoms with Crippen LogP contribution in [0.2, 0.25) is 0 Å². The summed E-state index contributed by atoms with van der Waals surface area (Å²) in [5.74, 6) is 0.759. The number of carbonyl (C=O) groups excluding carboxylic acids is 1. The van der Waals surface area contributed by atoms with Crippen LogP contribution < -0.4 is 14.2 Å². The lowest BCUT2D eigenvalue weighted by Crippen LogP contribution is -2.50. The van der Waals surface area contributed by atoms with E-state index in [1.807, 2.05) is 0 Å². The van der Waals surface area contributed by atoms with E-state index in [9.17, 15) is 13.2 Å². The molecule has 0 aliphatic carbocycles. The van der Waals surface area contributed by atoms with Gasteiger partial charge >= 0.3 is 0 Å². The van der Waals surface area contributed by atoms with Gasteiger partial charge in [0.2, 0.25) is 5.91 Å². The third-order valence-corrected chi connectivity index (χ3v) is 7.82. The molecule has 2 aromatic rings. The maximum Gasteiger partial charge on any atom is 0.225 e. The summed E-state index contributed by atoms with van der Waals surface area (Å²) in [6.45, 7) is 1.76. The van der Waals surface area contributed by atoms with Crippen molar-refractivity contribution in [2.24, 2.45) is 5.92 Å². The number of rotatable bonds is 6. The van der Waals surface area contributed by atoms with Crippen LogP contribution in [0.4, 0.5) is 0 Å². The fourth-order valence-electron chi connectivity index (χ4n) is 4.10. The average Bonchev–Trinajstić information content (AvgIpc) is 2.77. The largest absolute Gasteiger partial charge is 0.496 e. The number of piperidine rings is 1. The van der Waals surface area contributed by atoms with Crippen LogP contribution in [0.15, 0.2) is 47.4 Å². The molecule has 1 fully saturated rings. The Morgan fingerprint density at radius 3 is 2.03 bits per heavy atom. The second-order valence-corrected chi connectivity index (χ2v) is 9.54. The summed E-state index contributed by atoms with van der Waals surface area (Å²) < 4.78 is 43.7. The number of ether oxygens (including phenoxy) is 3. The zero-order valence-corrected chi connectivity index (χ0v) is 18.6. The lowest BCUT2D eigenvalue weighted by Gasteiger charge is -2.42. The number of hydrogen-bond donors (Lipinski definition) is 0. The lowest BCUT2D eigenvalue weighted by molar-refractivity contribution is -0.139. The predicted octanol–water partition coefficient (Wildman–Crippen LogP) is 3.09. The Morgan fingerprint density at radius 2 is 1.53 bits per heavy atom. The topological polar surface area (TPSA) is 82.1 Å². The molecule has 0 saturated carbocycles. The zero-order valence-electron chi connectivity index (χ0n) is 17.8. The summed E-state index contributed by atoms with van der Waals surface area (Å²) >= 11 is 0. The minimum Gasteiger partial charge on any atom is -0.496 e. The van der Waals surface area contributed by atoms with Crippen molar-refractivity contribution in [3.05, 3.63) is 48.0 Å². The van der Waals surface area contributed by atoms with Crippen molar-refractivity contribution in [2.75, 3.05) is 28.4 Å². The van der Waals surface area contributed by atoms with Crippen molar-refractivity contribution in [3.63, 3.8) is 0 Å². The number of sulfone groups is 1. The first kappa shape index (κ1) is 22.0. The van der Waals surface area contributed by atoms with E-state index in [0.717, 1.165) is 0 Å². The van der Waals surface area contributed by atoms with Crippen LogP contribution in [0.1, 0.15) is 24.9 Å². The van der Waals surface area contributed by atoms with Crippen molar-refractivity contribution in [1.82, 2.24) is 4.90 Å². The van der Waals surface area contributed by atoms with Crippen molar-refractivity contribution in [3.8, 4) is 17.2 Å². The second kappa shape index (κ2) is 8.55. The molecule has 0 spiro atoms. The van der Waals surface area contributed by atoms with E-state index in [-0.39, 0.29) is 17.2 Å². The minimum absolute atomic E-state index is 0.126. The molecule has 0 unspecified atom stereocenters. The van der Waals surface area contributed by atoms with Gasteiger partial charge in [0, 0.05) is 25.1 Å². The quantitative estimate of drug-likeness (QED) is 0.696. The van der Waals surface area contributed by atoms with Gasteiger partial charge in [-0.25, -0.2) is 8.42 Å². The highest BCUT2D eigenvalue weighted by Crippen LogP contribution is 2.47. The van der Waals surface area contributed by atoms with Gasteiger partial charge < -0.3 is 19.1 Å². The number of methoxy groups -OCH3 is 3. The summed E-state index contributed by atoms with van der Waals surface area (Å²) in [4.78, 5) is 14.6. The minimum atomic E-state index is -3.75. The average molecular weight is 434 g/mol. The molecule has 1 saturated heterocycles. The predicted molar refractivity (Wildman–Crippen MR) is 113 cm³/mol. The Balaban J connectivity index is 2.25. The van der Waals surface area contributed by atoms with Gasteiger partial charge in [-0.05, 0) is 18.6 Å². The molecule has 0 bridgehead atoms. The first-order valence-electron chi connectivity index (χ1n) is 9.61. The molecule has 162 valence electrons. The van der Waals surface area contributed by atoms with E-state index in [2.05, 4.69) is 0 Å². The van der Waals surface area contributed by atoms with Gasteiger partial charge in [-0.15, -0.1) is 0 Å². The highest BCUT2D eigenvalue weighted by atomic mass is 32.2. The standard InChI is InChI=1S/C22H27NO6S/c1-14-11-19(30(25,26)16-9-7-6-8-10-16)21(23(2)22(14)24)20-17(28-4)12-15(27-3)13-18(20)29-5/h6-10,12-14,19,21H,11H2,1-5H3/t14-,19+,21+/m0/s1. The summed E-state index contributed by atoms with van der Waals surface area (Å²) in [6, 6.07) is 10.9. The number of nitrogens with zero attached hydrogens (tertiary/aromatic N) is 1. The summed E-state index contributed by atoms with van der Waals surface area (Å²) in [5, 5.41) is -0.867. The molecule has 30 heavy (non-hydrogen) atoms. The number of likely N-dealkylation sites (tertiary alicyclic amines) is 1. The Kier molecular flexibility index (Phi) is 6.26. The van der Waals surface area contributed by atoms with E-state index >= 15 is 0 Å². The van der Waals surface area contributed by atoms with Crippen molar-refractivity contribution in [2.45, 2.75) is 29.5 Å².